The maximum Gasteiger partial charge on any atom is 0.0591 e. The van der Waals surface area contributed by atoms with Gasteiger partial charge in [0.15, 0.2) is 0 Å². The first kappa shape index (κ1) is 15.2. The van der Waals surface area contributed by atoms with Crippen LogP contribution in [0.15, 0.2) is 0 Å². The van der Waals surface area contributed by atoms with Crippen molar-refractivity contribution in [3.63, 3.8) is 0 Å². The van der Waals surface area contributed by atoms with Gasteiger partial charge in [0.25, 0.3) is 0 Å². The molecule has 0 aromatic heterocycles. The third-order valence-corrected chi connectivity index (χ3v) is 2.49. The smallest absolute Gasteiger partial charge is 0.0591 e. The summed E-state index contributed by atoms with van der Waals surface area (Å²) >= 11 is 5.69. The fourth-order valence-corrected chi connectivity index (χ4v) is 1.59. The second-order valence-electron chi connectivity index (χ2n) is 3.50. The quantitative estimate of drug-likeness (QED) is 0.441. The minimum atomic E-state index is 0.532. The summed E-state index contributed by atoms with van der Waals surface area (Å²) in [6.07, 6.45) is 3.12. The lowest BCUT2D eigenvalue weighted by Crippen LogP contribution is -2.31. The lowest BCUT2D eigenvalue weighted by atomic mass is 10.2. The van der Waals surface area contributed by atoms with E-state index >= 15 is 0 Å². The summed E-state index contributed by atoms with van der Waals surface area (Å²) in [4.78, 5) is 0. The summed E-state index contributed by atoms with van der Waals surface area (Å²) in [6, 6.07) is 0.532. The van der Waals surface area contributed by atoms with Gasteiger partial charge in [-0.1, -0.05) is 6.92 Å². The molecule has 4 heteroatoms. The van der Waals surface area contributed by atoms with Gasteiger partial charge < -0.3 is 14.8 Å². The normalized spacial score (nSPS) is 13.0. The number of hydrogen-bond donors (Lipinski definition) is 1. The van der Waals surface area contributed by atoms with Crippen molar-refractivity contribution < 1.29 is 9.47 Å². The topological polar surface area (TPSA) is 30.5 Å². The number of nitrogens with one attached hydrogen (secondary N) is 1. The van der Waals surface area contributed by atoms with Gasteiger partial charge in [-0.15, -0.1) is 11.6 Å². The second-order valence-corrected chi connectivity index (χ2v) is 3.87. The van der Waals surface area contributed by atoms with Crippen molar-refractivity contribution in [2.24, 2.45) is 0 Å². The number of methoxy groups -OCH3 is 1. The highest BCUT2D eigenvalue weighted by molar-refractivity contribution is 6.17. The monoisotopic (exact) mass is 237 g/mol. The summed E-state index contributed by atoms with van der Waals surface area (Å²) in [5, 5.41) is 3.42. The van der Waals surface area contributed by atoms with Crippen LogP contribution in [0.4, 0.5) is 0 Å². The van der Waals surface area contributed by atoms with E-state index in [4.69, 9.17) is 21.1 Å². The van der Waals surface area contributed by atoms with E-state index in [1.165, 1.54) is 0 Å². The number of alkyl halides is 1. The summed E-state index contributed by atoms with van der Waals surface area (Å²) in [6.45, 7) is 5.40. The predicted octanol–water partition coefficient (Wildman–Crippen LogP) is 2.04. The molecule has 0 saturated carbocycles. The largest absolute Gasteiger partial charge is 0.385 e. The highest BCUT2D eigenvalue weighted by atomic mass is 35.5. The van der Waals surface area contributed by atoms with Crippen molar-refractivity contribution in [3.05, 3.63) is 0 Å². The average molecular weight is 238 g/mol. The van der Waals surface area contributed by atoms with Gasteiger partial charge in [-0.25, -0.2) is 0 Å². The maximum atomic E-state index is 5.69. The first-order valence-electron chi connectivity index (χ1n) is 5.71. The van der Waals surface area contributed by atoms with Crippen molar-refractivity contribution in [3.8, 4) is 0 Å². The molecule has 0 aromatic rings. The molecule has 92 valence electrons. The van der Waals surface area contributed by atoms with Gasteiger partial charge in [0.2, 0.25) is 0 Å². The van der Waals surface area contributed by atoms with Crippen LogP contribution < -0.4 is 5.32 Å². The van der Waals surface area contributed by atoms with E-state index in [9.17, 15) is 0 Å². The summed E-state index contributed by atoms with van der Waals surface area (Å²) < 4.78 is 10.4. The van der Waals surface area contributed by atoms with E-state index < -0.39 is 0 Å². The van der Waals surface area contributed by atoms with Gasteiger partial charge >= 0.3 is 0 Å². The van der Waals surface area contributed by atoms with Crippen LogP contribution in [-0.2, 0) is 9.47 Å². The Balaban J connectivity index is 3.14. The van der Waals surface area contributed by atoms with E-state index in [2.05, 4.69) is 12.2 Å². The van der Waals surface area contributed by atoms with Crippen LogP contribution in [0.2, 0.25) is 0 Å². The Morgan fingerprint density at radius 3 is 2.67 bits per heavy atom. The van der Waals surface area contributed by atoms with Gasteiger partial charge in [-0.3, -0.25) is 0 Å². The van der Waals surface area contributed by atoms with E-state index in [0.717, 1.165) is 51.5 Å². The summed E-state index contributed by atoms with van der Waals surface area (Å²) in [7, 11) is 1.71. The summed E-state index contributed by atoms with van der Waals surface area (Å²) in [5.74, 6) is 0.722. The van der Waals surface area contributed by atoms with Gasteiger partial charge in [-0.05, 0) is 19.3 Å². The zero-order chi connectivity index (χ0) is 11.4. The van der Waals surface area contributed by atoms with Gasteiger partial charge in [-0.2, -0.15) is 0 Å². The molecular weight excluding hydrogens is 214 g/mol. The Morgan fingerprint density at radius 2 is 2.07 bits per heavy atom. The highest BCUT2D eigenvalue weighted by Crippen LogP contribution is 1.98. The third-order valence-electron chi connectivity index (χ3n) is 2.27. The first-order chi connectivity index (χ1) is 7.35. The van der Waals surface area contributed by atoms with Crippen LogP contribution in [0.5, 0.6) is 0 Å². The SMILES string of the molecule is CCC(CCCl)NCCOCCCOC. The number of hydrogen-bond acceptors (Lipinski definition) is 3. The molecule has 0 aliphatic carbocycles. The minimum Gasteiger partial charge on any atom is -0.385 e. The molecule has 0 radical (unpaired) electrons. The Kier molecular flexibility index (Phi) is 12.4. The van der Waals surface area contributed by atoms with Crippen molar-refractivity contribution in [2.75, 3.05) is 39.4 Å². The molecule has 0 fully saturated rings. The van der Waals surface area contributed by atoms with Crippen molar-refractivity contribution >= 4 is 11.6 Å². The van der Waals surface area contributed by atoms with Crippen LogP contribution in [0.25, 0.3) is 0 Å². The fraction of sp³-hybridized carbons (Fsp3) is 1.00. The molecule has 0 aromatic carbocycles. The standard InChI is InChI=1S/C11H24ClNO2/c1-3-11(5-6-12)13-7-10-15-9-4-8-14-2/h11,13H,3-10H2,1-2H3. The highest BCUT2D eigenvalue weighted by Gasteiger charge is 2.02. The Bertz CT molecular complexity index is 125. The average Bonchev–Trinajstić information content (AvgIpc) is 2.26. The van der Waals surface area contributed by atoms with E-state index in [-0.39, 0.29) is 0 Å². The number of ether oxygens (including phenoxy) is 2. The molecule has 0 amide bonds. The maximum absolute atomic E-state index is 5.69. The zero-order valence-electron chi connectivity index (χ0n) is 9.93. The molecule has 3 nitrogen and oxygen atoms in total. The van der Waals surface area contributed by atoms with Gasteiger partial charge in [0, 0.05) is 38.8 Å². The molecule has 15 heavy (non-hydrogen) atoms. The van der Waals surface area contributed by atoms with E-state index in [1.54, 1.807) is 7.11 Å². The Hall–Kier alpha value is 0.170. The zero-order valence-corrected chi connectivity index (χ0v) is 10.7. The van der Waals surface area contributed by atoms with Crippen molar-refractivity contribution in [1.82, 2.24) is 5.32 Å². The Labute approximate surface area is 98.5 Å². The predicted molar refractivity (Wildman–Crippen MR) is 64.7 cm³/mol. The van der Waals surface area contributed by atoms with Crippen LogP contribution in [-0.4, -0.2) is 45.4 Å². The first-order valence-corrected chi connectivity index (χ1v) is 6.24. The molecular formula is C11H24ClNO2. The molecule has 0 saturated heterocycles. The number of rotatable bonds is 11. The molecule has 0 aliphatic rings. The molecule has 1 atom stereocenters. The van der Waals surface area contributed by atoms with Gasteiger partial charge in [0.1, 0.15) is 0 Å². The molecule has 1 unspecified atom stereocenters. The lowest BCUT2D eigenvalue weighted by molar-refractivity contribution is 0.103. The van der Waals surface area contributed by atoms with Gasteiger partial charge in [0.05, 0.1) is 6.61 Å². The van der Waals surface area contributed by atoms with Crippen LogP contribution >= 0.6 is 11.6 Å². The molecule has 0 heterocycles. The fourth-order valence-electron chi connectivity index (χ4n) is 1.32. The van der Waals surface area contributed by atoms with Crippen LogP contribution in [0.1, 0.15) is 26.2 Å². The molecule has 0 rings (SSSR count). The Morgan fingerprint density at radius 1 is 1.27 bits per heavy atom. The van der Waals surface area contributed by atoms with Crippen molar-refractivity contribution in [2.45, 2.75) is 32.2 Å². The van der Waals surface area contributed by atoms with Crippen LogP contribution in [0, 0.1) is 0 Å². The van der Waals surface area contributed by atoms with E-state index in [1.807, 2.05) is 0 Å². The third kappa shape index (κ3) is 10.5. The second kappa shape index (κ2) is 12.2. The summed E-state index contributed by atoms with van der Waals surface area (Å²) in [5.41, 5.74) is 0. The lowest BCUT2D eigenvalue weighted by Gasteiger charge is -2.15. The molecule has 1 N–H and O–H groups in total. The van der Waals surface area contributed by atoms with E-state index in [0.29, 0.717) is 6.04 Å². The molecule has 0 spiro atoms. The van der Waals surface area contributed by atoms with Crippen molar-refractivity contribution in [1.29, 1.82) is 0 Å². The molecule has 0 aliphatic heterocycles. The number of halogens is 1. The van der Waals surface area contributed by atoms with Crippen LogP contribution in [0.3, 0.4) is 0 Å². The molecule has 0 bridgehead atoms. The minimum absolute atomic E-state index is 0.532.